The van der Waals surface area contributed by atoms with E-state index in [4.69, 9.17) is 11.6 Å². The van der Waals surface area contributed by atoms with Crippen LogP contribution in [0, 0.1) is 10.1 Å². The minimum Gasteiger partial charge on any atom is -0.260 e. The summed E-state index contributed by atoms with van der Waals surface area (Å²) < 4.78 is 27.6. The van der Waals surface area contributed by atoms with Crippen molar-refractivity contribution in [2.24, 2.45) is 0 Å². The number of aromatic nitrogens is 1. The Morgan fingerprint density at radius 3 is 2.21 bits per heavy atom. The Bertz CT molecular complexity index is 1060. The summed E-state index contributed by atoms with van der Waals surface area (Å²) >= 11 is 5.87. The van der Waals surface area contributed by atoms with E-state index in [0.717, 1.165) is 0 Å². The summed E-state index contributed by atoms with van der Waals surface area (Å²) in [6.07, 6.45) is 1.59. The lowest BCUT2D eigenvalue weighted by Gasteiger charge is -2.22. The van der Waals surface area contributed by atoms with E-state index in [1.165, 1.54) is 40.7 Å². The zero-order valence-corrected chi connectivity index (χ0v) is 16.2. The van der Waals surface area contributed by atoms with E-state index in [0.29, 0.717) is 16.3 Å². The van der Waals surface area contributed by atoms with Crippen molar-refractivity contribution in [2.45, 2.75) is 18.0 Å². The molecule has 3 aromatic rings. The largest absolute Gasteiger partial charge is 0.269 e. The molecule has 3 rings (SSSR count). The second-order valence-electron chi connectivity index (χ2n) is 5.97. The maximum Gasteiger partial charge on any atom is 0.269 e. The molecule has 144 valence electrons. The van der Waals surface area contributed by atoms with Gasteiger partial charge in [-0.05, 0) is 42.0 Å². The number of rotatable bonds is 7. The molecule has 0 saturated heterocycles. The molecule has 0 radical (unpaired) electrons. The number of nitrogens with zero attached hydrogens (tertiary/aromatic N) is 3. The van der Waals surface area contributed by atoms with Gasteiger partial charge in [-0.1, -0.05) is 29.8 Å². The first-order chi connectivity index (χ1) is 13.4. The molecule has 0 aliphatic heterocycles. The Balaban J connectivity index is 1.94. The maximum absolute atomic E-state index is 13.2. The molecule has 0 aliphatic carbocycles. The Kier molecular flexibility index (Phi) is 6.03. The standard InChI is InChI=1S/C19H16ClN3O4S/c20-16-6-10-19(11-7-16)28(26,27)22(14-17-3-1-2-12-21-17)13-15-4-8-18(9-5-15)23(24)25/h1-12H,13-14H2. The van der Waals surface area contributed by atoms with Crippen LogP contribution in [0.25, 0.3) is 0 Å². The number of sulfonamides is 1. The van der Waals surface area contributed by atoms with Crippen LogP contribution in [0.15, 0.2) is 77.8 Å². The summed E-state index contributed by atoms with van der Waals surface area (Å²) in [5.74, 6) is 0. The van der Waals surface area contributed by atoms with E-state index in [1.54, 1.807) is 36.5 Å². The summed E-state index contributed by atoms with van der Waals surface area (Å²) in [7, 11) is -3.84. The van der Waals surface area contributed by atoms with Crippen LogP contribution >= 0.6 is 11.6 Å². The fourth-order valence-electron chi connectivity index (χ4n) is 2.58. The number of nitro benzene ring substituents is 1. The SMILES string of the molecule is O=[N+]([O-])c1ccc(CN(Cc2ccccn2)S(=O)(=O)c2ccc(Cl)cc2)cc1. The van der Waals surface area contributed by atoms with Crippen LogP contribution in [0.5, 0.6) is 0 Å². The van der Waals surface area contributed by atoms with E-state index in [9.17, 15) is 18.5 Å². The van der Waals surface area contributed by atoms with E-state index in [2.05, 4.69) is 4.98 Å². The quantitative estimate of drug-likeness (QED) is 0.427. The van der Waals surface area contributed by atoms with Gasteiger partial charge in [0.25, 0.3) is 5.69 Å². The molecule has 0 saturated carbocycles. The lowest BCUT2D eigenvalue weighted by molar-refractivity contribution is -0.384. The van der Waals surface area contributed by atoms with E-state index in [1.807, 2.05) is 0 Å². The summed E-state index contributed by atoms with van der Waals surface area (Å²) in [4.78, 5) is 14.6. The first kappa shape index (κ1) is 19.9. The first-order valence-electron chi connectivity index (χ1n) is 8.25. The number of pyridine rings is 1. The lowest BCUT2D eigenvalue weighted by Crippen LogP contribution is -2.30. The molecule has 0 amide bonds. The van der Waals surface area contributed by atoms with Crippen molar-refractivity contribution in [3.63, 3.8) is 0 Å². The Labute approximate surface area is 167 Å². The van der Waals surface area contributed by atoms with Crippen LogP contribution in [0.4, 0.5) is 5.69 Å². The minimum absolute atomic E-state index is 0.0412. The molecule has 0 N–H and O–H groups in total. The highest BCUT2D eigenvalue weighted by Gasteiger charge is 2.25. The van der Waals surface area contributed by atoms with Gasteiger partial charge in [0.2, 0.25) is 10.0 Å². The molecular weight excluding hydrogens is 402 g/mol. The average Bonchev–Trinajstić information content (AvgIpc) is 2.69. The van der Waals surface area contributed by atoms with Gasteiger partial charge in [-0.25, -0.2) is 8.42 Å². The van der Waals surface area contributed by atoms with Gasteiger partial charge >= 0.3 is 0 Å². The summed E-state index contributed by atoms with van der Waals surface area (Å²) in [5.41, 5.74) is 1.15. The van der Waals surface area contributed by atoms with Crippen LogP contribution < -0.4 is 0 Å². The van der Waals surface area contributed by atoms with Crippen LogP contribution in [0.1, 0.15) is 11.3 Å². The minimum atomic E-state index is -3.84. The topological polar surface area (TPSA) is 93.4 Å². The molecule has 7 nitrogen and oxygen atoms in total. The van der Waals surface area contributed by atoms with Crippen LogP contribution in [0.2, 0.25) is 5.02 Å². The van der Waals surface area contributed by atoms with Crippen molar-refractivity contribution < 1.29 is 13.3 Å². The number of halogens is 1. The van der Waals surface area contributed by atoms with Gasteiger partial charge in [-0.15, -0.1) is 0 Å². The fraction of sp³-hybridized carbons (Fsp3) is 0.105. The predicted octanol–water partition coefficient (Wildman–Crippen LogP) is 4.03. The van der Waals surface area contributed by atoms with E-state index in [-0.39, 0.29) is 23.7 Å². The second-order valence-corrected chi connectivity index (χ2v) is 8.35. The van der Waals surface area contributed by atoms with Crippen molar-refractivity contribution in [3.05, 3.63) is 99.3 Å². The van der Waals surface area contributed by atoms with Gasteiger partial charge in [0.15, 0.2) is 0 Å². The number of non-ortho nitro benzene ring substituents is 1. The van der Waals surface area contributed by atoms with Gasteiger partial charge in [0, 0.05) is 29.9 Å². The third-order valence-electron chi connectivity index (χ3n) is 4.02. The van der Waals surface area contributed by atoms with E-state index >= 15 is 0 Å². The smallest absolute Gasteiger partial charge is 0.260 e. The molecule has 1 heterocycles. The second kappa shape index (κ2) is 8.47. The molecule has 0 spiro atoms. The molecule has 9 heteroatoms. The van der Waals surface area contributed by atoms with Crippen LogP contribution in [-0.4, -0.2) is 22.6 Å². The van der Waals surface area contributed by atoms with Crippen molar-refractivity contribution in [1.82, 2.24) is 9.29 Å². The molecule has 28 heavy (non-hydrogen) atoms. The zero-order chi connectivity index (χ0) is 20.1. The highest BCUT2D eigenvalue weighted by atomic mass is 35.5. The molecule has 0 aliphatic rings. The van der Waals surface area contributed by atoms with Gasteiger partial charge in [-0.2, -0.15) is 4.31 Å². The summed E-state index contributed by atoms with van der Waals surface area (Å²) in [6.45, 7) is 0.0995. The molecule has 0 unspecified atom stereocenters. The molecule has 2 aromatic carbocycles. The number of hydrogen-bond acceptors (Lipinski definition) is 5. The molecule has 0 fully saturated rings. The zero-order valence-electron chi connectivity index (χ0n) is 14.6. The summed E-state index contributed by atoms with van der Waals surface area (Å²) in [5, 5.41) is 11.3. The van der Waals surface area contributed by atoms with Gasteiger partial charge in [0.1, 0.15) is 0 Å². The lowest BCUT2D eigenvalue weighted by atomic mass is 10.2. The number of nitro groups is 1. The number of hydrogen-bond donors (Lipinski definition) is 0. The molecule has 0 bridgehead atoms. The van der Waals surface area contributed by atoms with Crippen molar-refractivity contribution in [1.29, 1.82) is 0 Å². The third-order valence-corrected chi connectivity index (χ3v) is 6.08. The monoisotopic (exact) mass is 417 g/mol. The first-order valence-corrected chi connectivity index (χ1v) is 10.1. The highest BCUT2D eigenvalue weighted by Crippen LogP contribution is 2.23. The molecular formula is C19H16ClN3O4S. The van der Waals surface area contributed by atoms with Crippen molar-refractivity contribution >= 4 is 27.3 Å². The highest BCUT2D eigenvalue weighted by molar-refractivity contribution is 7.89. The predicted molar refractivity (Wildman–Crippen MR) is 105 cm³/mol. The Morgan fingerprint density at radius 2 is 1.64 bits per heavy atom. The van der Waals surface area contributed by atoms with E-state index < -0.39 is 14.9 Å². The van der Waals surface area contributed by atoms with Gasteiger partial charge in [-0.3, -0.25) is 15.1 Å². The molecule has 0 atom stereocenters. The van der Waals surface area contributed by atoms with Crippen molar-refractivity contribution in [3.8, 4) is 0 Å². The fourth-order valence-corrected chi connectivity index (χ4v) is 4.11. The Morgan fingerprint density at radius 1 is 0.964 bits per heavy atom. The normalized spacial score (nSPS) is 11.5. The molecule has 1 aromatic heterocycles. The van der Waals surface area contributed by atoms with Gasteiger partial charge < -0.3 is 0 Å². The summed E-state index contributed by atoms with van der Waals surface area (Å²) in [6, 6.07) is 17.0. The average molecular weight is 418 g/mol. The van der Waals surface area contributed by atoms with Crippen molar-refractivity contribution in [2.75, 3.05) is 0 Å². The van der Waals surface area contributed by atoms with Crippen LogP contribution in [0.3, 0.4) is 0 Å². The van der Waals surface area contributed by atoms with Crippen LogP contribution in [-0.2, 0) is 23.1 Å². The third kappa shape index (κ3) is 4.72. The Hall–Kier alpha value is -2.81. The maximum atomic E-state index is 13.2. The van der Waals surface area contributed by atoms with Gasteiger partial charge in [0.05, 0.1) is 22.1 Å². The number of benzene rings is 2.